The number of rotatable bonds is 7. The summed E-state index contributed by atoms with van der Waals surface area (Å²) in [5.41, 5.74) is 0.976. The quantitative estimate of drug-likeness (QED) is 0.562. The van der Waals surface area contributed by atoms with Crippen LogP contribution in [0.4, 0.5) is 0 Å². The van der Waals surface area contributed by atoms with Crippen LogP contribution in [0.15, 0.2) is 43.0 Å². The molecular formula is C18H25NO2. The molecule has 1 aromatic carbocycles. The molecule has 0 saturated heterocycles. The van der Waals surface area contributed by atoms with Crippen LogP contribution in [0.5, 0.6) is 5.75 Å². The summed E-state index contributed by atoms with van der Waals surface area (Å²) in [6, 6.07) is 7.92. The van der Waals surface area contributed by atoms with Crippen molar-refractivity contribution < 1.29 is 9.53 Å². The molecule has 0 bridgehead atoms. The number of ether oxygens (including phenoxy) is 1. The molecule has 1 rings (SSSR count). The molecule has 1 aromatic rings. The molecule has 0 aliphatic rings. The van der Waals surface area contributed by atoms with E-state index in [0.29, 0.717) is 0 Å². The summed E-state index contributed by atoms with van der Waals surface area (Å²) in [6.45, 7) is 9.84. The van der Waals surface area contributed by atoms with Crippen molar-refractivity contribution in [3.8, 4) is 5.75 Å². The molecule has 21 heavy (non-hydrogen) atoms. The molecule has 1 amide bonds. The van der Waals surface area contributed by atoms with Crippen LogP contribution in [0.25, 0.3) is 6.08 Å². The lowest BCUT2D eigenvalue weighted by molar-refractivity contribution is -0.129. The molecule has 0 N–H and O–H groups in total. The maximum atomic E-state index is 12.4. The second-order valence-electron chi connectivity index (χ2n) is 5.32. The van der Waals surface area contributed by atoms with Crippen LogP contribution in [0.3, 0.4) is 0 Å². The zero-order valence-electron chi connectivity index (χ0n) is 13.4. The fourth-order valence-corrected chi connectivity index (χ4v) is 2.30. The maximum Gasteiger partial charge on any atom is 0.247 e. The topological polar surface area (TPSA) is 29.5 Å². The Morgan fingerprint density at radius 2 is 1.90 bits per heavy atom. The van der Waals surface area contributed by atoms with Gasteiger partial charge >= 0.3 is 0 Å². The monoisotopic (exact) mass is 287 g/mol. The van der Waals surface area contributed by atoms with Gasteiger partial charge in [-0.15, -0.1) is 6.58 Å². The Morgan fingerprint density at radius 3 is 2.38 bits per heavy atom. The second kappa shape index (κ2) is 8.30. The predicted octanol–water partition coefficient (Wildman–Crippen LogP) is 3.91. The van der Waals surface area contributed by atoms with Crippen molar-refractivity contribution in [2.45, 2.75) is 39.3 Å². The van der Waals surface area contributed by atoms with Crippen LogP contribution in [0.2, 0.25) is 0 Å². The molecule has 1 atom stereocenters. The van der Waals surface area contributed by atoms with Crippen molar-refractivity contribution >= 4 is 12.0 Å². The average Bonchev–Trinajstić information content (AvgIpc) is 2.45. The first-order valence-electron chi connectivity index (χ1n) is 7.25. The van der Waals surface area contributed by atoms with Gasteiger partial charge in [-0.25, -0.2) is 0 Å². The molecule has 1 unspecified atom stereocenters. The van der Waals surface area contributed by atoms with E-state index < -0.39 is 0 Å². The van der Waals surface area contributed by atoms with Gasteiger partial charge in [0.15, 0.2) is 0 Å². The van der Waals surface area contributed by atoms with Gasteiger partial charge < -0.3 is 9.64 Å². The van der Waals surface area contributed by atoms with E-state index in [2.05, 4.69) is 6.58 Å². The number of carbonyl (C=O) groups is 1. The summed E-state index contributed by atoms with van der Waals surface area (Å²) in [4.78, 5) is 14.3. The smallest absolute Gasteiger partial charge is 0.247 e. The molecule has 0 radical (unpaired) electrons. The zero-order chi connectivity index (χ0) is 15.8. The molecule has 0 saturated carbocycles. The Balaban J connectivity index is 2.79. The third-order valence-electron chi connectivity index (χ3n) is 3.33. The van der Waals surface area contributed by atoms with Gasteiger partial charge in [-0.05, 0) is 51.0 Å². The van der Waals surface area contributed by atoms with E-state index in [1.54, 1.807) is 13.2 Å². The first-order chi connectivity index (χ1) is 9.99. The second-order valence-corrected chi connectivity index (χ2v) is 5.32. The summed E-state index contributed by atoms with van der Waals surface area (Å²) in [7, 11) is 1.63. The number of hydrogen-bond donors (Lipinski definition) is 0. The summed E-state index contributed by atoms with van der Waals surface area (Å²) < 4.78 is 5.11. The molecule has 0 aromatic heterocycles. The number of benzene rings is 1. The van der Waals surface area contributed by atoms with E-state index in [1.165, 1.54) is 0 Å². The summed E-state index contributed by atoms with van der Waals surface area (Å²) in [5, 5.41) is 0. The number of nitrogens with zero attached hydrogens (tertiary/aromatic N) is 1. The van der Waals surface area contributed by atoms with Crippen LogP contribution in [-0.2, 0) is 4.79 Å². The standard InChI is InChI=1S/C18H25NO2/c1-6-7-15(4)19(14(2)3)18(20)13-10-16-8-11-17(21-5)12-9-16/h6,8-15H,1,7H2,2-5H3. The molecule has 0 spiro atoms. The highest BCUT2D eigenvalue weighted by Gasteiger charge is 2.19. The Kier molecular flexibility index (Phi) is 6.73. The minimum absolute atomic E-state index is 0.0233. The lowest BCUT2D eigenvalue weighted by atomic mass is 10.1. The molecule has 0 aliphatic heterocycles. The van der Waals surface area contributed by atoms with Gasteiger partial charge in [0.2, 0.25) is 5.91 Å². The molecule has 3 heteroatoms. The first kappa shape index (κ1) is 17.0. The fraction of sp³-hybridized carbons (Fsp3) is 0.389. The van der Waals surface area contributed by atoms with Crippen LogP contribution in [0.1, 0.15) is 32.8 Å². The van der Waals surface area contributed by atoms with Gasteiger partial charge in [0.25, 0.3) is 0 Å². The van der Waals surface area contributed by atoms with E-state index in [0.717, 1.165) is 17.7 Å². The summed E-state index contributed by atoms with van der Waals surface area (Å²) in [5.74, 6) is 0.831. The van der Waals surface area contributed by atoms with E-state index in [1.807, 2.05) is 62.1 Å². The van der Waals surface area contributed by atoms with E-state index in [4.69, 9.17) is 4.74 Å². The first-order valence-corrected chi connectivity index (χ1v) is 7.25. The van der Waals surface area contributed by atoms with Crippen molar-refractivity contribution in [3.63, 3.8) is 0 Å². The SMILES string of the molecule is C=CCC(C)N(C(=O)C=Cc1ccc(OC)cc1)C(C)C. The number of hydrogen-bond acceptors (Lipinski definition) is 2. The fourth-order valence-electron chi connectivity index (χ4n) is 2.30. The van der Waals surface area contributed by atoms with Crippen LogP contribution < -0.4 is 4.74 Å². The maximum absolute atomic E-state index is 12.4. The highest BCUT2D eigenvalue weighted by atomic mass is 16.5. The number of amides is 1. The number of methoxy groups -OCH3 is 1. The third kappa shape index (κ3) is 5.10. The van der Waals surface area contributed by atoms with Crippen molar-refractivity contribution in [2.75, 3.05) is 7.11 Å². The van der Waals surface area contributed by atoms with Crippen LogP contribution in [-0.4, -0.2) is 30.0 Å². The Morgan fingerprint density at radius 1 is 1.29 bits per heavy atom. The third-order valence-corrected chi connectivity index (χ3v) is 3.33. The van der Waals surface area contributed by atoms with Gasteiger partial charge in [0.05, 0.1) is 7.11 Å². The minimum atomic E-state index is 0.0233. The predicted molar refractivity (Wildman–Crippen MR) is 88.3 cm³/mol. The summed E-state index contributed by atoms with van der Waals surface area (Å²) in [6.07, 6.45) is 6.10. The van der Waals surface area contributed by atoms with Gasteiger partial charge in [-0.3, -0.25) is 4.79 Å². The lowest BCUT2D eigenvalue weighted by Gasteiger charge is -2.31. The van der Waals surface area contributed by atoms with Crippen LogP contribution in [0, 0.1) is 0 Å². The molecule has 3 nitrogen and oxygen atoms in total. The van der Waals surface area contributed by atoms with Crippen molar-refractivity contribution in [1.29, 1.82) is 0 Å². The Labute approximate surface area is 127 Å². The highest BCUT2D eigenvalue weighted by Crippen LogP contribution is 2.14. The zero-order valence-corrected chi connectivity index (χ0v) is 13.4. The van der Waals surface area contributed by atoms with Gasteiger partial charge in [0.1, 0.15) is 5.75 Å². The van der Waals surface area contributed by atoms with E-state index >= 15 is 0 Å². The Hall–Kier alpha value is -2.03. The van der Waals surface area contributed by atoms with Crippen LogP contribution >= 0.6 is 0 Å². The molecular weight excluding hydrogens is 262 g/mol. The molecule has 0 fully saturated rings. The van der Waals surface area contributed by atoms with Gasteiger partial charge in [0, 0.05) is 18.2 Å². The Bertz CT molecular complexity index is 488. The largest absolute Gasteiger partial charge is 0.497 e. The minimum Gasteiger partial charge on any atom is -0.497 e. The molecule has 0 heterocycles. The lowest BCUT2D eigenvalue weighted by Crippen LogP contribution is -2.42. The van der Waals surface area contributed by atoms with Gasteiger partial charge in [-0.1, -0.05) is 18.2 Å². The van der Waals surface area contributed by atoms with Gasteiger partial charge in [-0.2, -0.15) is 0 Å². The average molecular weight is 287 g/mol. The van der Waals surface area contributed by atoms with Crippen molar-refractivity contribution in [1.82, 2.24) is 4.90 Å². The van der Waals surface area contributed by atoms with Crippen molar-refractivity contribution in [3.05, 3.63) is 48.6 Å². The number of carbonyl (C=O) groups excluding carboxylic acids is 1. The summed E-state index contributed by atoms with van der Waals surface area (Å²) >= 11 is 0. The van der Waals surface area contributed by atoms with Crippen molar-refractivity contribution in [2.24, 2.45) is 0 Å². The molecule has 114 valence electrons. The van der Waals surface area contributed by atoms with E-state index in [9.17, 15) is 4.79 Å². The highest BCUT2D eigenvalue weighted by molar-refractivity contribution is 5.92. The normalized spacial score (nSPS) is 12.4. The van der Waals surface area contributed by atoms with E-state index in [-0.39, 0.29) is 18.0 Å². The molecule has 0 aliphatic carbocycles.